The van der Waals surface area contributed by atoms with E-state index in [1.165, 1.54) is 18.4 Å². The van der Waals surface area contributed by atoms with Crippen LogP contribution in [0.1, 0.15) is 15.2 Å². The van der Waals surface area contributed by atoms with E-state index in [9.17, 15) is 4.79 Å². The molecule has 1 aromatic heterocycles. The molecule has 19 heavy (non-hydrogen) atoms. The lowest BCUT2D eigenvalue weighted by molar-refractivity contribution is 0.0606. The van der Waals surface area contributed by atoms with Crippen LogP contribution in [0.15, 0.2) is 24.3 Å². The molecule has 0 fully saturated rings. The van der Waals surface area contributed by atoms with E-state index in [-0.39, 0.29) is 5.15 Å². The highest BCUT2D eigenvalue weighted by molar-refractivity contribution is 7.18. The number of halogens is 1. The first-order chi connectivity index (χ1) is 9.02. The maximum atomic E-state index is 11.5. The highest BCUT2D eigenvalue weighted by atomic mass is 35.5. The van der Waals surface area contributed by atoms with Gasteiger partial charge in [0.25, 0.3) is 0 Å². The van der Waals surface area contributed by atoms with Gasteiger partial charge in [-0.15, -0.1) is 0 Å². The Morgan fingerprint density at radius 2 is 2.21 bits per heavy atom. The summed E-state index contributed by atoms with van der Waals surface area (Å²) in [5.41, 5.74) is 2.14. The Hall–Kier alpha value is -1.59. The quantitative estimate of drug-likeness (QED) is 0.811. The second-order valence-electron chi connectivity index (χ2n) is 4.01. The summed E-state index contributed by atoms with van der Waals surface area (Å²) in [7, 11) is 3.20. The van der Waals surface area contributed by atoms with Crippen LogP contribution in [0, 0.1) is 6.92 Å². The monoisotopic (exact) mass is 296 g/mol. The van der Waals surface area contributed by atoms with Gasteiger partial charge in [0.2, 0.25) is 0 Å². The van der Waals surface area contributed by atoms with Crippen molar-refractivity contribution in [3.8, 4) is 0 Å². The minimum atomic E-state index is -0.466. The highest BCUT2D eigenvalue weighted by Crippen LogP contribution is 2.33. The first kappa shape index (κ1) is 13.8. The number of nitrogens with zero attached hydrogens (tertiary/aromatic N) is 2. The number of hydrogen-bond acceptors (Lipinski definition) is 5. The maximum absolute atomic E-state index is 11.5. The molecule has 100 valence electrons. The number of benzene rings is 1. The predicted octanol–water partition coefficient (Wildman–Crippen LogP) is 3.66. The zero-order valence-corrected chi connectivity index (χ0v) is 12.4. The van der Waals surface area contributed by atoms with E-state index in [0.717, 1.165) is 11.3 Å². The van der Waals surface area contributed by atoms with Gasteiger partial charge in [-0.25, -0.2) is 9.78 Å². The van der Waals surface area contributed by atoms with Gasteiger partial charge in [0.1, 0.15) is 0 Å². The number of anilines is 2. The molecular weight excluding hydrogens is 284 g/mol. The van der Waals surface area contributed by atoms with Crippen LogP contribution in [0.25, 0.3) is 0 Å². The third-order valence-corrected chi connectivity index (χ3v) is 4.12. The molecule has 0 aliphatic rings. The van der Waals surface area contributed by atoms with Crippen LogP contribution >= 0.6 is 22.9 Å². The number of ether oxygens (including phenoxy) is 1. The van der Waals surface area contributed by atoms with E-state index in [0.29, 0.717) is 10.0 Å². The minimum absolute atomic E-state index is 0.173. The van der Waals surface area contributed by atoms with Gasteiger partial charge in [0, 0.05) is 12.7 Å². The summed E-state index contributed by atoms with van der Waals surface area (Å²) >= 11 is 7.16. The van der Waals surface area contributed by atoms with Gasteiger partial charge >= 0.3 is 5.97 Å². The molecule has 0 saturated heterocycles. The number of hydrogen-bond donors (Lipinski definition) is 0. The number of rotatable bonds is 3. The Balaban J connectivity index is 2.34. The molecule has 0 bridgehead atoms. The molecule has 1 aromatic carbocycles. The Morgan fingerprint density at radius 1 is 1.47 bits per heavy atom. The third kappa shape index (κ3) is 2.88. The van der Waals surface area contributed by atoms with Crippen LogP contribution in [0.2, 0.25) is 5.15 Å². The summed E-state index contributed by atoms with van der Waals surface area (Å²) in [6.07, 6.45) is 0. The topological polar surface area (TPSA) is 42.4 Å². The van der Waals surface area contributed by atoms with Crippen LogP contribution in [-0.2, 0) is 4.74 Å². The highest BCUT2D eigenvalue weighted by Gasteiger charge is 2.19. The van der Waals surface area contributed by atoms with Crippen molar-refractivity contribution < 1.29 is 9.53 Å². The van der Waals surface area contributed by atoms with Gasteiger partial charge in [-0.3, -0.25) is 0 Å². The van der Waals surface area contributed by atoms with Crippen molar-refractivity contribution in [2.75, 3.05) is 19.1 Å². The summed E-state index contributed by atoms with van der Waals surface area (Å²) in [6, 6.07) is 8.00. The fourth-order valence-corrected chi connectivity index (χ4v) is 2.78. The fraction of sp³-hybridized carbons (Fsp3) is 0.231. The summed E-state index contributed by atoms with van der Waals surface area (Å²) in [5.74, 6) is -0.466. The molecule has 0 spiro atoms. The molecule has 6 heteroatoms. The minimum Gasteiger partial charge on any atom is -0.465 e. The van der Waals surface area contributed by atoms with E-state index in [2.05, 4.69) is 9.72 Å². The van der Waals surface area contributed by atoms with E-state index in [1.807, 2.05) is 43.1 Å². The van der Waals surface area contributed by atoms with Crippen molar-refractivity contribution >= 4 is 39.7 Å². The number of methoxy groups -OCH3 is 1. The average molecular weight is 297 g/mol. The first-order valence-corrected chi connectivity index (χ1v) is 6.77. The van der Waals surface area contributed by atoms with Gasteiger partial charge in [-0.2, -0.15) is 0 Å². The van der Waals surface area contributed by atoms with Gasteiger partial charge in [0.15, 0.2) is 15.2 Å². The van der Waals surface area contributed by atoms with Crippen LogP contribution in [0.3, 0.4) is 0 Å². The van der Waals surface area contributed by atoms with Gasteiger partial charge in [-0.1, -0.05) is 35.1 Å². The Labute approximate surface area is 120 Å². The SMILES string of the molecule is COC(=O)c1sc(N(C)c2cccc(C)c2)nc1Cl. The maximum Gasteiger partial charge on any atom is 0.351 e. The van der Waals surface area contributed by atoms with Crippen molar-refractivity contribution in [1.82, 2.24) is 4.98 Å². The predicted molar refractivity (Wildman–Crippen MR) is 77.7 cm³/mol. The molecule has 0 radical (unpaired) electrons. The third-order valence-electron chi connectivity index (χ3n) is 2.62. The molecule has 4 nitrogen and oxygen atoms in total. The largest absolute Gasteiger partial charge is 0.465 e. The molecule has 0 atom stereocenters. The molecule has 0 amide bonds. The van der Waals surface area contributed by atoms with Crippen molar-refractivity contribution in [3.05, 3.63) is 39.9 Å². The molecular formula is C13H13ClN2O2S. The van der Waals surface area contributed by atoms with E-state index in [4.69, 9.17) is 11.6 Å². The Kier molecular flexibility index (Phi) is 4.07. The number of aromatic nitrogens is 1. The number of aryl methyl sites for hydroxylation is 1. The zero-order valence-electron chi connectivity index (χ0n) is 10.8. The van der Waals surface area contributed by atoms with E-state index in [1.54, 1.807) is 0 Å². The first-order valence-electron chi connectivity index (χ1n) is 5.58. The molecule has 2 aromatic rings. The molecule has 0 aliphatic heterocycles. The van der Waals surface area contributed by atoms with Crippen molar-refractivity contribution in [2.45, 2.75) is 6.92 Å². The standard InChI is InChI=1S/C13H13ClN2O2S/c1-8-5-4-6-9(7-8)16(2)13-15-11(14)10(19-13)12(17)18-3/h4-7H,1-3H3. The zero-order chi connectivity index (χ0) is 14.0. The van der Waals surface area contributed by atoms with Crippen LogP contribution in [0.4, 0.5) is 10.8 Å². The smallest absolute Gasteiger partial charge is 0.351 e. The second-order valence-corrected chi connectivity index (χ2v) is 5.34. The summed E-state index contributed by atoms with van der Waals surface area (Å²) in [4.78, 5) is 17.9. The van der Waals surface area contributed by atoms with Gasteiger partial charge in [-0.05, 0) is 24.6 Å². The van der Waals surface area contributed by atoms with Gasteiger partial charge < -0.3 is 9.64 Å². The lowest BCUT2D eigenvalue weighted by atomic mass is 10.2. The molecule has 1 heterocycles. The summed E-state index contributed by atoms with van der Waals surface area (Å²) < 4.78 is 4.66. The van der Waals surface area contributed by atoms with Crippen LogP contribution < -0.4 is 4.90 Å². The molecule has 0 unspecified atom stereocenters. The van der Waals surface area contributed by atoms with Crippen molar-refractivity contribution in [3.63, 3.8) is 0 Å². The van der Waals surface area contributed by atoms with Crippen LogP contribution in [-0.4, -0.2) is 25.1 Å². The van der Waals surface area contributed by atoms with Crippen LogP contribution in [0.5, 0.6) is 0 Å². The number of thiazole rings is 1. The fourth-order valence-electron chi connectivity index (χ4n) is 1.60. The number of carbonyl (C=O) groups excluding carboxylic acids is 1. The van der Waals surface area contributed by atoms with Crippen molar-refractivity contribution in [2.24, 2.45) is 0 Å². The Morgan fingerprint density at radius 3 is 2.84 bits per heavy atom. The summed E-state index contributed by atoms with van der Waals surface area (Å²) in [6.45, 7) is 2.02. The molecule has 0 saturated carbocycles. The lowest BCUT2D eigenvalue weighted by Crippen LogP contribution is -2.08. The number of esters is 1. The second kappa shape index (κ2) is 5.59. The average Bonchev–Trinajstić information content (AvgIpc) is 2.79. The molecule has 0 N–H and O–H groups in total. The van der Waals surface area contributed by atoms with Gasteiger partial charge in [0.05, 0.1) is 7.11 Å². The Bertz CT molecular complexity index is 612. The lowest BCUT2D eigenvalue weighted by Gasteiger charge is -2.16. The summed E-state index contributed by atoms with van der Waals surface area (Å²) in [5, 5.41) is 0.822. The normalized spacial score (nSPS) is 10.3. The van der Waals surface area contributed by atoms with E-state index >= 15 is 0 Å². The van der Waals surface area contributed by atoms with E-state index < -0.39 is 5.97 Å². The number of carbonyl (C=O) groups is 1. The van der Waals surface area contributed by atoms with Crippen molar-refractivity contribution in [1.29, 1.82) is 0 Å². The molecule has 2 rings (SSSR count). The molecule has 0 aliphatic carbocycles.